The topological polar surface area (TPSA) is 41.7 Å². The summed E-state index contributed by atoms with van der Waals surface area (Å²) < 4.78 is 5.72. The van der Waals surface area contributed by atoms with Gasteiger partial charge in [0.1, 0.15) is 0 Å². The Kier molecular flexibility index (Phi) is 6.03. The lowest BCUT2D eigenvalue weighted by atomic mass is 10.1. The van der Waals surface area contributed by atoms with E-state index in [0.717, 1.165) is 25.7 Å². The number of benzene rings is 1. The van der Waals surface area contributed by atoms with Crippen LogP contribution in [0.4, 0.5) is 5.69 Å². The molecule has 0 saturated heterocycles. The van der Waals surface area contributed by atoms with Gasteiger partial charge in [-0.15, -0.1) is 0 Å². The molecule has 0 spiro atoms. The first kappa shape index (κ1) is 16.3. The lowest BCUT2D eigenvalue weighted by Crippen LogP contribution is -2.33. The Morgan fingerprint density at radius 3 is 2.38 bits per heavy atom. The van der Waals surface area contributed by atoms with Crippen molar-refractivity contribution in [1.82, 2.24) is 4.90 Å². The van der Waals surface area contributed by atoms with Crippen LogP contribution >= 0.6 is 0 Å². The van der Waals surface area contributed by atoms with E-state index in [1.54, 1.807) is 0 Å². The summed E-state index contributed by atoms with van der Waals surface area (Å²) >= 11 is 0. The Balaban J connectivity index is 1.84. The molecule has 1 unspecified atom stereocenters. The molecule has 1 aromatic rings. The van der Waals surface area contributed by atoms with Gasteiger partial charge in [0.15, 0.2) is 0 Å². The van der Waals surface area contributed by atoms with E-state index >= 15 is 0 Å². The highest BCUT2D eigenvalue weighted by Gasteiger charge is 2.21. The van der Waals surface area contributed by atoms with E-state index < -0.39 is 0 Å². The molecule has 0 heterocycles. The third kappa shape index (κ3) is 4.99. The molecule has 0 amide bonds. The number of nitrogens with two attached hydrogens (primary N) is 1. The highest BCUT2D eigenvalue weighted by molar-refractivity contribution is 5.46. The number of likely N-dealkylation sites (N-methyl/N-ethyl adjacent to an activating group) is 1. The molecular formula is C17H29N3O. The molecule has 4 heteroatoms. The van der Waals surface area contributed by atoms with E-state index in [2.05, 4.69) is 55.2 Å². The van der Waals surface area contributed by atoms with Crippen LogP contribution in [0.1, 0.15) is 24.4 Å². The number of hydrogen-bond donors (Lipinski definition) is 1. The summed E-state index contributed by atoms with van der Waals surface area (Å²) in [7, 11) is 6.23. The van der Waals surface area contributed by atoms with Crippen LogP contribution in [-0.2, 0) is 4.74 Å². The van der Waals surface area contributed by atoms with Crippen LogP contribution in [0.5, 0.6) is 0 Å². The number of nitrogens with zero attached hydrogens (tertiary/aromatic N) is 2. The van der Waals surface area contributed by atoms with Gasteiger partial charge in [-0.05, 0) is 43.5 Å². The van der Waals surface area contributed by atoms with Crippen molar-refractivity contribution in [2.45, 2.75) is 18.9 Å². The number of anilines is 1. The predicted octanol–water partition coefficient (Wildman–Crippen LogP) is 2.11. The molecule has 1 aromatic carbocycles. The Morgan fingerprint density at radius 1 is 1.19 bits per heavy atom. The van der Waals surface area contributed by atoms with Crippen LogP contribution < -0.4 is 10.6 Å². The zero-order valence-electron chi connectivity index (χ0n) is 13.6. The van der Waals surface area contributed by atoms with Gasteiger partial charge in [-0.2, -0.15) is 0 Å². The Bertz CT molecular complexity index is 415. The van der Waals surface area contributed by atoms with Crippen LogP contribution in [0, 0.1) is 5.92 Å². The maximum absolute atomic E-state index is 5.97. The molecule has 1 atom stereocenters. The summed E-state index contributed by atoms with van der Waals surface area (Å²) in [5.74, 6) is 0.833. The van der Waals surface area contributed by atoms with Crippen molar-refractivity contribution in [1.29, 1.82) is 0 Å². The molecule has 0 radical (unpaired) electrons. The van der Waals surface area contributed by atoms with Gasteiger partial charge in [-0.3, -0.25) is 4.90 Å². The SMILES string of the molecule is CN(C)c1ccc(C(CN)N(C)CCOCC2CC2)cc1. The van der Waals surface area contributed by atoms with Crippen molar-refractivity contribution in [2.24, 2.45) is 11.7 Å². The molecule has 2 N–H and O–H groups in total. The van der Waals surface area contributed by atoms with Crippen LogP contribution in [-0.4, -0.2) is 52.3 Å². The average Bonchev–Trinajstić information content (AvgIpc) is 3.29. The van der Waals surface area contributed by atoms with Crippen LogP contribution in [0.25, 0.3) is 0 Å². The van der Waals surface area contributed by atoms with Gasteiger partial charge in [0.05, 0.1) is 6.61 Å². The number of rotatable bonds is 9. The van der Waals surface area contributed by atoms with Gasteiger partial charge in [0.2, 0.25) is 0 Å². The molecule has 1 fully saturated rings. The minimum absolute atomic E-state index is 0.255. The summed E-state index contributed by atoms with van der Waals surface area (Å²) in [6, 6.07) is 8.90. The van der Waals surface area contributed by atoms with E-state index in [4.69, 9.17) is 10.5 Å². The van der Waals surface area contributed by atoms with Gasteiger partial charge in [0, 0.05) is 45.5 Å². The second-order valence-electron chi connectivity index (χ2n) is 6.24. The summed E-state index contributed by atoms with van der Waals surface area (Å²) in [4.78, 5) is 4.40. The van der Waals surface area contributed by atoms with E-state index in [1.807, 2.05) is 0 Å². The number of ether oxygens (including phenoxy) is 1. The smallest absolute Gasteiger partial charge is 0.0593 e. The van der Waals surface area contributed by atoms with Crippen LogP contribution in [0.3, 0.4) is 0 Å². The molecule has 0 aliphatic heterocycles. The first-order chi connectivity index (χ1) is 10.1. The molecule has 1 saturated carbocycles. The summed E-state index contributed by atoms with van der Waals surface area (Å²) in [6.45, 7) is 3.27. The fourth-order valence-corrected chi connectivity index (χ4v) is 2.46. The lowest BCUT2D eigenvalue weighted by molar-refractivity contribution is 0.0922. The first-order valence-corrected chi connectivity index (χ1v) is 7.87. The quantitative estimate of drug-likeness (QED) is 0.708. The second-order valence-corrected chi connectivity index (χ2v) is 6.24. The van der Waals surface area contributed by atoms with E-state index in [9.17, 15) is 0 Å². The maximum Gasteiger partial charge on any atom is 0.0593 e. The number of hydrogen-bond acceptors (Lipinski definition) is 4. The normalized spacial score (nSPS) is 16.2. The summed E-state index contributed by atoms with van der Waals surface area (Å²) in [6.07, 6.45) is 2.69. The fraction of sp³-hybridized carbons (Fsp3) is 0.647. The molecular weight excluding hydrogens is 262 g/mol. The van der Waals surface area contributed by atoms with Gasteiger partial charge in [-0.25, -0.2) is 0 Å². The molecule has 2 rings (SSSR count). The van der Waals surface area contributed by atoms with Crippen molar-refractivity contribution in [3.05, 3.63) is 29.8 Å². The Labute approximate surface area is 128 Å². The molecule has 0 bridgehead atoms. The van der Waals surface area contributed by atoms with Crippen molar-refractivity contribution in [2.75, 3.05) is 52.3 Å². The van der Waals surface area contributed by atoms with Gasteiger partial charge >= 0.3 is 0 Å². The monoisotopic (exact) mass is 291 g/mol. The minimum Gasteiger partial charge on any atom is -0.380 e. The largest absolute Gasteiger partial charge is 0.380 e. The van der Waals surface area contributed by atoms with E-state index in [0.29, 0.717) is 6.54 Å². The zero-order chi connectivity index (χ0) is 15.2. The molecule has 4 nitrogen and oxygen atoms in total. The summed E-state index contributed by atoms with van der Waals surface area (Å²) in [5.41, 5.74) is 8.46. The molecule has 1 aliphatic carbocycles. The predicted molar refractivity (Wildman–Crippen MR) is 88.7 cm³/mol. The average molecular weight is 291 g/mol. The third-order valence-corrected chi connectivity index (χ3v) is 4.19. The first-order valence-electron chi connectivity index (χ1n) is 7.87. The minimum atomic E-state index is 0.255. The lowest BCUT2D eigenvalue weighted by Gasteiger charge is -2.27. The van der Waals surface area contributed by atoms with E-state index in [-0.39, 0.29) is 6.04 Å². The van der Waals surface area contributed by atoms with Crippen LogP contribution in [0.2, 0.25) is 0 Å². The fourth-order valence-electron chi connectivity index (χ4n) is 2.46. The molecule has 0 aromatic heterocycles. The molecule has 21 heavy (non-hydrogen) atoms. The van der Waals surface area contributed by atoms with Crippen molar-refractivity contribution >= 4 is 5.69 Å². The molecule has 118 valence electrons. The van der Waals surface area contributed by atoms with Crippen molar-refractivity contribution in [3.63, 3.8) is 0 Å². The van der Waals surface area contributed by atoms with Crippen molar-refractivity contribution < 1.29 is 4.74 Å². The van der Waals surface area contributed by atoms with Gasteiger partial charge < -0.3 is 15.4 Å². The van der Waals surface area contributed by atoms with E-state index in [1.165, 1.54) is 24.1 Å². The van der Waals surface area contributed by atoms with Gasteiger partial charge in [-0.1, -0.05) is 12.1 Å². The Hall–Kier alpha value is -1.10. The second kappa shape index (κ2) is 7.78. The third-order valence-electron chi connectivity index (χ3n) is 4.19. The highest BCUT2D eigenvalue weighted by Crippen LogP contribution is 2.28. The van der Waals surface area contributed by atoms with Crippen LogP contribution in [0.15, 0.2) is 24.3 Å². The zero-order valence-corrected chi connectivity index (χ0v) is 13.6. The maximum atomic E-state index is 5.97. The van der Waals surface area contributed by atoms with Crippen molar-refractivity contribution in [3.8, 4) is 0 Å². The Morgan fingerprint density at radius 2 is 1.86 bits per heavy atom. The van der Waals surface area contributed by atoms with Gasteiger partial charge in [0.25, 0.3) is 0 Å². The summed E-state index contributed by atoms with van der Waals surface area (Å²) in [5, 5.41) is 0. The highest BCUT2D eigenvalue weighted by atomic mass is 16.5. The standard InChI is InChI=1S/C17H29N3O/c1-19(2)16-8-6-15(7-9-16)17(12-18)20(3)10-11-21-13-14-4-5-14/h6-9,14,17H,4-5,10-13,18H2,1-3H3. The molecule has 1 aliphatic rings.